The number of hydrogen-bond donors (Lipinski definition) is 0. The van der Waals surface area contributed by atoms with Crippen molar-refractivity contribution in [1.29, 1.82) is 0 Å². The summed E-state index contributed by atoms with van der Waals surface area (Å²) >= 11 is 0. The van der Waals surface area contributed by atoms with Gasteiger partial charge in [0.2, 0.25) is 0 Å². The summed E-state index contributed by atoms with van der Waals surface area (Å²) in [7, 11) is 0. The zero-order valence-corrected chi connectivity index (χ0v) is 7.79. The van der Waals surface area contributed by atoms with E-state index >= 15 is 0 Å². The fraction of sp³-hybridized carbons (Fsp3) is 0.400. The second-order valence-electron chi connectivity index (χ2n) is 1.34. The Kier molecular flexibility index (Phi) is 24.0. The van der Waals surface area contributed by atoms with Crippen LogP contribution >= 0.6 is 0 Å². The molecule has 0 aliphatic heterocycles. The molecule has 0 atom stereocenters. The molecular formula is C5H6O6V. The first kappa shape index (κ1) is 22.5. The minimum atomic E-state index is -1.63. The molecule has 0 aliphatic carbocycles. The van der Waals surface area contributed by atoms with Gasteiger partial charge < -0.3 is 25.3 Å². The number of carbonyl (C=O) groups excluding carboxylic acids is 3. The van der Waals surface area contributed by atoms with Crippen LogP contribution in [0.3, 0.4) is 0 Å². The van der Waals surface area contributed by atoms with Crippen LogP contribution in [0.1, 0.15) is 13.8 Å². The number of carboxylic acids is 2. The summed E-state index contributed by atoms with van der Waals surface area (Å²) < 4.78 is 0. The second-order valence-corrected chi connectivity index (χ2v) is 1.34. The first-order valence-corrected chi connectivity index (χ1v) is 2.27. The number of rotatable bonds is 1. The van der Waals surface area contributed by atoms with E-state index < -0.39 is 17.7 Å². The van der Waals surface area contributed by atoms with Gasteiger partial charge in [0.25, 0.3) is 0 Å². The number of carboxylic acid groups (broad SMARTS) is 2. The van der Waals surface area contributed by atoms with Crippen molar-refractivity contribution in [2.45, 2.75) is 13.8 Å². The average molecular weight is 213 g/mol. The average Bonchev–Trinajstić information content (AvgIpc) is 1.63. The van der Waals surface area contributed by atoms with Crippen LogP contribution < -0.4 is 10.2 Å². The van der Waals surface area contributed by atoms with Gasteiger partial charge in [-0.1, -0.05) is 0 Å². The Labute approximate surface area is 80.8 Å². The Balaban J connectivity index is -0.0000000483. The molecule has 0 fully saturated rings. The first-order valence-electron chi connectivity index (χ1n) is 2.27. The monoisotopic (exact) mass is 213 g/mol. The van der Waals surface area contributed by atoms with Crippen LogP contribution in [0.2, 0.25) is 0 Å². The van der Waals surface area contributed by atoms with Gasteiger partial charge in [0, 0.05) is 12.9 Å². The molecule has 0 aromatic carbocycles. The van der Waals surface area contributed by atoms with E-state index in [1.165, 1.54) is 0 Å². The van der Waals surface area contributed by atoms with Crippen molar-refractivity contribution in [3.63, 3.8) is 0 Å². The van der Waals surface area contributed by atoms with Crippen LogP contribution in [0.15, 0.2) is 0 Å². The number of ketones is 1. The maximum Gasteiger partial charge on any atom is 4.00 e. The van der Waals surface area contributed by atoms with Gasteiger partial charge in [-0.25, -0.2) is 0 Å². The van der Waals surface area contributed by atoms with E-state index in [1.807, 2.05) is 0 Å². The molecular weight excluding hydrogens is 207 g/mol. The number of carbonyl (C=O) groups is 3. The molecule has 67 valence electrons. The standard InChI is InChI=1S/C3H4O3.C2H4O2.O.V/c1-2(4)3(5)6;1-2(3)4;;/h1H3,(H,5,6);1H3,(H,3,4);;/q;;-2;+4/p-2. The summed E-state index contributed by atoms with van der Waals surface area (Å²) in [6.45, 7) is 1.91. The molecule has 0 heterocycles. The molecule has 0 saturated carbocycles. The van der Waals surface area contributed by atoms with Crippen molar-refractivity contribution < 1.29 is 48.6 Å². The zero-order valence-electron chi connectivity index (χ0n) is 6.40. The Morgan fingerprint density at radius 3 is 1.08 bits per heavy atom. The Bertz CT molecular complexity index is 138. The van der Waals surface area contributed by atoms with Gasteiger partial charge in [0.1, 0.15) is 5.97 Å². The predicted molar refractivity (Wildman–Crippen MR) is 27.1 cm³/mol. The van der Waals surface area contributed by atoms with E-state index in [0.717, 1.165) is 13.8 Å². The minimum absolute atomic E-state index is 0. The van der Waals surface area contributed by atoms with Crippen LogP contribution in [-0.4, -0.2) is 17.7 Å². The summed E-state index contributed by atoms with van der Waals surface area (Å²) in [6.07, 6.45) is 0. The Hall–Kier alpha value is -0.846. The van der Waals surface area contributed by atoms with Crippen molar-refractivity contribution in [3.8, 4) is 0 Å². The predicted octanol–water partition coefficient (Wildman–Crippen LogP) is -3.04. The van der Waals surface area contributed by atoms with Crippen molar-refractivity contribution in [2.75, 3.05) is 0 Å². The van der Waals surface area contributed by atoms with Gasteiger partial charge >= 0.3 is 18.6 Å². The summed E-state index contributed by atoms with van der Waals surface area (Å²) in [5.41, 5.74) is 0. The van der Waals surface area contributed by atoms with Gasteiger partial charge in [-0.05, 0) is 6.92 Å². The third kappa shape index (κ3) is 61.2. The third-order valence-electron chi connectivity index (χ3n) is 0.287. The zero-order chi connectivity index (χ0) is 8.73. The summed E-state index contributed by atoms with van der Waals surface area (Å²) in [4.78, 5) is 27.6. The van der Waals surface area contributed by atoms with E-state index in [4.69, 9.17) is 9.90 Å². The van der Waals surface area contributed by atoms with Crippen molar-refractivity contribution in [3.05, 3.63) is 0 Å². The van der Waals surface area contributed by atoms with E-state index in [0.29, 0.717) is 0 Å². The Morgan fingerprint density at radius 1 is 1.00 bits per heavy atom. The number of aliphatic carboxylic acids is 2. The smallest absolute Gasteiger partial charge is 2.00 e. The topological polar surface area (TPSA) is 126 Å². The molecule has 0 N–H and O–H groups in total. The molecule has 6 nitrogen and oxygen atoms in total. The Morgan fingerprint density at radius 2 is 1.08 bits per heavy atom. The van der Waals surface area contributed by atoms with Crippen LogP contribution in [0, 0.1) is 0 Å². The van der Waals surface area contributed by atoms with E-state index in [-0.39, 0.29) is 24.0 Å². The maximum absolute atomic E-state index is 9.48. The molecule has 0 aromatic heterocycles. The number of Topliss-reactive ketones (excluding diaryl/α,β-unsaturated/α-hetero) is 1. The first-order chi connectivity index (χ1) is 4.37. The molecule has 1 radical (unpaired) electrons. The molecule has 0 spiro atoms. The van der Waals surface area contributed by atoms with Gasteiger partial charge in [0.15, 0.2) is 5.78 Å². The molecule has 0 unspecified atom stereocenters. The third-order valence-corrected chi connectivity index (χ3v) is 0.287. The molecule has 0 aromatic rings. The summed E-state index contributed by atoms with van der Waals surface area (Å²) in [6, 6.07) is 0. The largest absolute Gasteiger partial charge is 4.00 e. The molecule has 12 heavy (non-hydrogen) atoms. The molecule has 7 heteroatoms. The SMILES string of the molecule is CC(=O)C(=O)[O-].CC(=O)[O-].[O-2].[V+4]. The maximum atomic E-state index is 9.48. The summed E-state index contributed by atoms with van der Waals surface area (Å²) in [5, 5.41) is 18.1. The van der Waals surface area contributed by atoms with Gasteiger partial charge in [-0.2, -0.15) is 0 Å². The second kappa shape index (κ2) is 12.8. The summed E-state index contributed by atoms with van der Waals surface area (Å²) in [5.74, 6) is -3.65. The van der Waals surface area contributed by atoms with Crippen molar-refractivity contribution in [1.82, 2.24) is 0 Å². The van der Waals surface area contributed by atoms with Gasteiger partial charge in [-0.3, -0.25) is 4.79 Å². The van der Waals surface area contributed by atoms with Crippen LogP contribution in [0.25, 0.3) is 0 Å². The molecule has 0 bridgehead atoms. The molecule has 0 aliphatic rings. The quantitative estimate of drug-likeness (QED) is 0.428. The van der Waals surface area contributed by atoms with E-state index in [1.54, 1.807) is 0 Å². The van der Waals surface area contributed by atoms with E-state index in [2.05, 4.69) is 0 Å². The van der Waals surface area contributed by atoms with Crippen molar-refractivity contribution >= 4 is 17.7 Å². The normalized spacial score (nSPS) is 5.83. The van der Waals surface area contributed by atoms with Crippen LogP contribution in [0.4, 0.5) is 0 Å². The molecule has 0 rings (SSSR count). The van der Waals surface area contributed by atoms with Crippen LogP contribution in [-0.2, 0) is 38.4 Å². The fourth-order valence-corrected chi connectivity index (χ4v) is 0. The van der Waals surface area contributed by atoms with Gasteiger partial charge in [-0.15, -0.1) is 0 Å². The minimum Gasteiger partial charge on any atom is -2.00 e. The van der Waals surface area contributed by atoms with Crippen LogP contribution in [0.5, 0.6) is 0 Å². The molecule has 0 saturated heterocycles. The van der Waals surface area contributed by atoms with E-state index in [9.17, 15) is 14.7 Å². The number of hydrogen-bond acceptors (Lipinski definition) is 5. The van der Waals surface area contributed by atoms with Gasteiger partial charge in [0.05, 0.1) is 0 Å². The molecule has 0 amide bonds. The van der Waals surface area contributed by atoms with Crippen molar-refractivity contribution in [2.24, 2.45) is 0 Å². The fourth-order valence-electron chi connectivity index (χ4n) is 0.